The van der Waals surface area contributed by atoms with Gasteiger partial charge in [0.1, 0.15) is 5.75 Å². The van der Waals surface area contributed by atoms with Crippen molar-refractivity contribution in [3.63, 3.8) is 0 Å². The van der Waals surface area contributed by atoms with Crippen LogP contribution < -0.4 is 10.1 Å². The predicted octanol–water partition coefficient (Wildman–Crippen LogP) is 0.902. The zero-order valence-corrected chi connectivity index (χ0v) is 11.9. The van der Waals surface area contributed by atoms with E-state index in [0.29, 0.717) is 12.3 Å². The average Bonchev–Trinajstić information content (AvgIpc) is 2.49. The van der Waals surface area contributed by atoms with Gasteiger partial charge < -0.3 is 14.8 Å². The molecule has 0 spiro atoms. The Hall–Kier alpha value is -1.59. The zero-order chi connectivity index (χ0) is 14.2. The highest BCUT2D eigenvalue weighted by Gasteiger charge is 2.15. The van der Waals surface area contributed by atoms with Gasteiger partial charge in [0.15, 0.2) is 6.10 Å². The Morgan fingerprint density at radius 1 is 1.35 bits per heavy atom. The van der Waals surface area contributed by atoms with E-state index in [2.05, 4.69) is 10.2 Å². The second-order valence-electron chi connectivity index (χ2n) is 4.82. The molecule has 1 aliphatic heterocycles. The molecule has 0 aromatic heterocycles. The molecule has 5 heteroatoms. The van der Waals surface area contributed by atoms with Crippen LogP contribution in [0.25, 0.3) is 0 Å². The molecule has 1 aromatic rings. The normalized spacial score (nSPS) is 17.4. The molecule has 0 radical (unpaired) electrons. The summed E-state index contributed by atoms with van der Waals surface area (Å²) >= 11 is 0. The topological polar surface area (TPSA) is 50.8 Å². The summed E-state index contributed by atoms with van der Waals surface area (Å²) in [6.07, 6.45) is -0.484. The number of ether oxygens (including phenoxy) is 2. The molecule has 0 unspecified atom stereocenters. The van der Waals surface area contributed by atoms with Gasteiger partial charge in [0.25, 0.3) is 5.91 Å². The summed E-state index contributed by atoms with van der Waals surface area (Å²) in [6, 6.07) is 9.38. The quantitative estimate of drug-likeness (QED) is 0.840. The molecule has 20 heavy (non-hydrogen) atoms. The summed E-state index contributed by atoms with van der Waals surface area (Å²) in [6.45, 7) is 6.69. The Labute approximate surface area is 119 Å². The SMILES string of the molecule is C[C@H](Oc1ccccc1)C(=O)NCCN1CCOCC1. The van der Waals surface area contributed by atoms with E-state index in [1.54, 1.807) is 6.92 Å². The van der Waals surface area contributed by atoms with Crippen molar-refractivity contribution in [2.75, 3.05) is 39.4 Å². The molecule has 1 N–H and O–H groups in total. The molecule has 1 atom stereocenters. The van der Waals surface area contributed by atoms with Gasteiger partial charge in [-0.25, -0.2) is 0 Å². The van der Waals surface area contributed by atoms with Crippen LogP contribution in [-0.2, 0) is 9.53 Å². The summed E-state index contributed by atoms with van der Waals surface area (Å²) in [7, 11) is 0. The van der Waals surface area contributed by atoms with Crippen molar-refractivity contribution >= 4 is 5.91 Å². The minimum absolute atomic E-state index is 0.0814. The van der Waals surface area contributed by atoms with Gasteiger partial charge in [-0.2, -0.15) is 0 Å². The van der Waals surface area contributed by atoms with Gasteiger partial charge in [-0.3, -0.25) is 9.69 Å². The van der Waals surface area contributed by atoms with E-state index in [1.165, 1.54) is 0 Å². The minimum atomic E-state index is -0.484. The largest absolute Gasteiger partial charge is 0.481 e. The first-order valence-electron chi connectivity index (χ1n) is 7.05. The molecule has 1 aliphatic rings. The van der Waals surface area contributed by atoms with Crippen LogP contribution in [0.5, 0.6) is 5.75 Å². The van der Waals surface area contributed by atoms with Crippen molar-refractivity contribution < 1.29 is 14.3 Å². The van der Waals surface area contributed by atoms with Crippen molar-refractivity contribution in [3.8, 4) is 5.75 Å². The van der Waals surface area contributed by atoms with Crippen LogP contribution in [0.1, 0.15) is 6.92 Å². The Morgan fingerprint density at radius 3 is 2.75 bits per heavy atom. The average molecular weight is 278 g/mol. The Kier molecular flexibility index (Phi) is 5.83. The highest BCUT2D eigenvalue weighted by atomic mass is 16.5. The first-order valence-corrected chi connectivity index (χ1v) is 7.05. The second-order valence-corrected chi connectivity index (χ2v) is 4.82. The first-order chi connectivity index (χ1) is 9.75. The summed E-state index contributed by atoms with van der Waals surface area (Å²) in [4.78, 5) is 14.2. The molecule has 0 aliphatic carbocycles. The smallest absolute Gasteiger partial charge is 0.260 e. The van der Waals surface area contributed by atoms with E-state index in [9.17, 15) is 4.79 Å². The fraction of sp³-hybridized carbons (Fsp3) is 0.533. The number of amides is 1. The number of carbonyl (C=O) groups is 1. The monoisotopic (exact) mass is 278 g/mol. The maximum absolute atomic E-state index is 11.9. The number of benzene rings is 1. The van der Waals surface area contributed by atoms with Crippen molar-refractivity contribution in [2.24, 2.45) is 0 Å². The van der Waals surface area contributed by atoms with Crippen LogP contribution in [-0.4, -0.2) is 56.3 Å². The first kappa shape index (κ1) is 14.8. The van der Waals surface area contributed by atoms with E-state index < -0.39 is 6.10 Å². The lowest BCUT2D eigenvalue weighted by atomic mass is 10.3. The fourth-order valence-corrected chi connectivity index (χ4v) is 2.06. The molecular formula is C15H22N2O3. The third-order valence-electron chi connectivity index (χ3n) is 3.26. The summed E-state index contributed by atoms with van der Waals surface area (Å²) < 4.78 is 10.9. The molecule has 0 bridgehead atoms. The van der Waals surface area contributed by atoms with Crippen molar-refractivity contribution in [3.05, 3.63) is 30.3 Å². The van der Waals surface area contributed by atoms with Crippen LogP contribution >= 0.6 is 0 Å². The summed E-state index contributed by atoms with van der Waals surface area (Å²) in [5, 5.41) is 2.90. The zero-order valence-electron chi connectivity index (χ0n) is 11.9. The molecule has 5 nitrogen and oxygen atoms in total. The van der Waals surface area contributed by atoms with Gasteiger partial charge in [-0.05, 0) is 19.1 Å². The molecule has 1 heterocycles. The lowest BCUT2D eigenvalue weighted by molar-refractivity contribution is -0.127. The number of nitrogens with zero attached hydrogens (tertiary/aromatic N) is 1. The highest BCUT2D eigenvalue weighted by Crippen LogP contribution is 2.10. The molecular weight excluding hydrogens is 256 g/mol. The lowest BCUT2D eigenvalue weighted by Gasteiger charge is -2.26. The second kappa shape index (κ2) is 7.87. The Balaban J connectivity index is 1.66. The standard InChI is InChI=1S/C15H22N2O3/c1-13(20-14-5-3-2-4-6-14)15(18)16-7-8-17-9-11-19-12-10-17/h2-6,13H,7-12H2,1H3,(H,16,18)/t13-/m0/s1. The van der Waals surface area contributed by atoms with Crippen molar-refractivity contribution in [1.82, 2.24) is 10.2 Å². The minimum Gasteiger partial charge on any atom is -0.481 e. The number of hydrogen-bond donors (Lipinski definition) is 1. The van der Waals surface area contributed by atoms with Crippen LogP contribution in [0.4, 0.5) is 0 Å². The predicted molar refractivity (Wildman–Crippen MR) is 76.8 cm³/mol. The molecule has 1 fully saturated rings. The highest BCUT2D eigenvalue weighted by molar-refractivity contribution is 5.80. The number of hydrogen-bond acceptors (Lipinski definition) is 4. The Morgan fingerprint density at radius 2 is 2.05 bits per heavy atom. The van der Waals surface area contributed by atoms with Crippen LogP contribution in [0.15, 0.2) is 30.3 Å². The maximum Gasteiger partial charge on any atom is 0.260 e. The number of nitrogens with one attached hydrogen (secondary N) is 1. The summed E-state index contributed by atoms with van der Waals surface area (Å²) in [5.74, 6) is 0.630. The van der Waals surface area contributed by atoms with Crippen molar-refractivity contribution in [1.29, 1.82) is 0 Å². The van der Waals surface area contributed by atoms with Gasteiger partial charge in [0.2, 0.25) is 0 Å². The number of carbonyl (C=O) groups excluding carboxylic acids is 1. The molecule has 1 amide bonds. The Bertz CT molecular complexity index is 405. The number of rotatable bonds is 6. The van der Waals surface area contributed by atoms with Crippen LogP contribution in [0.3, 0.4) is 0 Å². The van der Waals surface area contributed by atoms with Gasteiger partial charge in [0.05, 0.1) is 13.2 Å². The number of morpholine rings is 1. The molecule has 1 saturated heterocycles. The van der Waals surface area contributed by atoms with E-state index in [0.717, 1.165) is 32.8 Å². The summed E-state index contributed by atoms with van der Waals surface area (Å²) in [5.41, 5.74) is 0. The number of para-hydroxylation sites is 1. The van der Waals surface area contributed by atoms with Crippen molar-refractivity contribution in [2.45, 2.75) is 13.0 Å². The van der Waals surface area contributed by atoms with Gasteiger partial charge >= 0.3 is 0 Å². The lowest BCUT2D eigenvalue weighted by Crippen LogP contribution is -2.43. The molecule has 110 valence electrons. The van der Waals surface area contributed by atoms with E-state index in [-0.39, 0.29) is 5.91 Å². The van der Waals surface area contributed by atoms with Gasteiger partial charge in [0, 0.05) is 26.2 Å². The van der Waals surface area contributed by atoms with Crippen LogP contribution in [0, 0.1) is 0 Å². The third-order valence-corrected chi connectivity index (χ3v) is 3.26. The molecule has 1 aromatic carbocycles. The third kappa shape index (κ3) is 4.83. The van der Waals surface area contributed by atoms with E-state index in [1.807, 2.05) is 30.3 Å². The van der Waals surface area contributed by atoms with Gasteiger partial charge in [-0.15, -0.1) is 0 Å². The van der Waals surface area contributed by atoms with E-state index in [4.69, 9.17) is 9.47 Å². The van der Waals surface area contributed by atoms with Gasteiger partial charge in [-0.1, -0.05) is 18.2 Å². The fourth-order valence-electron chi connectivity index (χ4n) is 2.06. The van der Waals surface area contributed by atoms with E-state index >= 15 is 0 Å². The van der Waals surface area contributed by atoms with Crippen LogP contribution in [0.2, 0.25) is 0 Å². The molecule has 0 saturated carbocycles. The maximum atomic E-state index is 11.9. The molecule has 2 rings (SSSR count).